The van der Waals surface area contributed by atoms with Crippen molar-refractivity contribution in [2.24, 2.45) is 5.92 Å². The van der Waals surface area contributed by atoms with Crippen LogP contribution in [-0.4, -0.2) is 42.2 Å². The molecule has 4 heteroatoms. The van der Waals surface area contributed by atoms with Gasteiger partial charge in [0.25, 0.3) is 0 Å². The van der Waals surface area contributed by atoms with E-state index in [1.165, 1.54) is 38.9 Å². The Balaban J connectivity index is 1.89. The lowest BCUT2D eigenvalue weighted by Gasteiger charge is -2.35. The third-order valence-electron chi connectivity index (χ3n) is 4.31. The summed E-state index contributed by atoms with van der Waals surface area (Å²) in [4.78, 5) is 6.89. The largest absolute Gasteiger partial charge is 0.476 e. The van der Waals surface area contributed by atoms with E-state index in [4.69, 9.17) is 4.74 Å². The highest BCUT2D eigenvalue weighted by Crippen LogP contribution is 2.27. The molecule has 1 aliphatic heterocycles. The Labute approximate surface area is 128 Å². The van der Waals surface area contributed by atoms with Crippen LogP contribution in [0.5, 0.6) is 5.88 Å². The van der Waals surface area contributed by atoms with E-state index in [2.05, 4.69) is 35.1 Å². The molecule has 0 aliphatic carbocycles. The number of hydrogen-bond acceptors (Lipinski definition) is 4. The Bertz CT molecular complexity index is 416. The van der Waals surface area contributed by atoms with Gasteiger partial charge in [0.2, 0.25) is 5.88 Å². The zero-order valence-corrected chi connectivity index (χ0v) is 13.6. The van der Waals surface area contributed by atoms with E-state index in [9.17, 15) is 0 Å². The first-order valence-electron chi connectivity index (χ1n) is 8.31. The summed E-state index contributed by atoms with van der Waals surface area (Å²) < 4.78 is 5.59. The van der Waals surface area contributed by atoms with Crippen LogP contribution < -0.4 is 10.1 Å². The molecule has 1 N–H and O–H groups in total. The van der Waals surface area contributed by atoms with Crippen LogP contribution in [-0.2, 0) is 0 Å². The van der Waals surface area contributed by atoms with E-state index in [0.29, 0.717) is 12.6 Å². The molecule has 1 fully saturated rings. The monoisotopic (exact) mass is 291 g/mol. The second kappa shape index (κ2) is 8.23. The van der Waals surface area contributed by atoms with E-state index in [1.54, 1.807) is 6.20 Å². The molecule has 2 heterocycles. The first-order valence-corrected chi connectivity index (χ1v) is 8.31. The Morgan fingerprint density at radius 1 is 1.38 bits per heavy atom. The molecule has 4 nitrogen and oxygen atoms in total. The van der Waals surface area contributed by atoms with Crippen molar-refractivity contribution in [3.8, 4) is 5.88 Å². The molecule has 1 aliphatic rings. The van der Waals surface area contributed by atoms with Gasteiger partial charge in [0.15, 0.2) is 0 Å². The lowest BCUT2D eigenvalue weighted by molar-refractivity contribution is 0.176. The fourth-order valence-corrected chi connectivity index (χ4v) is 3.11. The van der Waals surface area contributed by atoms with Gasteiger partial charge in [0.1, 0.15) is 0 Å². The van der Waals surface area contributed by atoms with Crippen LogP contribution in [0.1, 0.15) is 40.0 Å². The fourth-order valence-electron chi connectivity index (χ4n) is 3.11. The molecular weight excluding hydrogens is 262 g/mol. The molecule has 1 atom stereocenters. The van der Waals surface area contributed by atoms with E-state index >= 15 is 0 Å². The molecule has 0 aromatic carbocycles. The maximum Gasteiger partial charge on any atom is 0.237 e. The smallest absolute Gasteiger partial charge is 0.237 e. The highest BCUT2D eigenvalue weighted by Gasteiger charge is 2.24. The van der Waals surface area contributed by atoms with Crippen LogP contribution in [0.2, 0.25) is 0 Å². The summed E-state index contributed by atoms with van der Waals surface area (Å²) >= 11 is 0. The summed E-state index contributed by atoms with van der Waals surface area (Å²) in [5, 5.41) is 3.61. The third-order valence-corrected chi connectivity index (χ3v) is 4.31. The number of pyridine rings is 1. The van der Waals surface area contributed by atoms with Gasteiger partial charge < -0.3 is 15.0 Å². The molecule has 0 bridgehead atoms. The number of likely N-dealkylation sites (tertiary alicyclic amines) is 1. The van der Waals surface area contributed by atoms with Crippen molar-refractivity contribution >= 4 is 5.69 Å². The molecule has 0 amide bonds. The minimum Gasteiger partial charge on any atom is -0.476 e. The van der Waals surface area contributed by atoms with Crippen molar-refractivity contribution in [2.45, 2.75) is 46.1 Å². The van der Waals surface area contributed by atoms with Crippen LogP contribution in [0.25, 0.3) is 0 Å². The minimum absolute atomic E-state index is 0.456. The quantitative estimate of drug-likeness (QED) is 0.835. The van der Waals surface area contributed by atoms with Crippen LogP contribution in [0.3, 0.4) is 0 Å². The zero-order valence-electron chi connectivity index (χ0n) is 13.6. The Morgan fingerprint density at radius 3 is 2.81 bits per heavy atom. The minimum atomic E-state index is 0.456. The maximum absolute atomic E-state index is 5.59. The van der Waals surface area contributed by atoms with E-state index in [-0.39, 0.29) is 0 Å². The van der Waals surface area contributed by atoms with Crippen LogP contribution in [0, 0.1) is 5.92 Å². The Hall–Kier alpha value is -1.29. The van der Waals surface area contributed by atoms with E-state index < -0.39 is 0 Å². The number of anilines is 1. The lowest BCUT2D eigenvalue weighted by Crippen LogP contribution is -2.39. The number of hydrogen-bond donors (Lipinski definition) is 1. The van der Waals surface area contributed by atoms with Crippen molar-refractivity contribution < 1.29 is 4.74 Å². The zero-order chi connectivity index (χ0) is 15.1. The van der Waals surface area contributed by atoms with Crippen molar-refractivity contribution in [1.82, 2.24) is 9.88 Å². The molecule has 2 rings (SSSR count). The van der Waals surface area contributed by atoms with E-state index in [1.807, 2.05) is 13.0 Å². The van der Waals surface area contributed by atoms with Gasteiger partial charge >= 0.3 is 0 Å². The van der Waals surface area contributed by atoms with Crippen molar-refractivity contribution in [3.63, 3.8) is 0 Å². The van der Waals surface area contributed by atoms with Crippen molar-refractivity contribution in [2.75, 3.05) is 31.6 Å². The SMILES string of the molecule is CCCN1CCC(C(C)Nc2cccnc2OCC)CC1. The van der Waals surface area contributed by atoms with Gasteiger partial charge in [-0.15, -0.1) is 0 Å². The van der Waals surface area contributed by atoms with Gasteiger partial charge in [-0.3, -0.25) is 0 Å². The number of piperidine rings is 1. The summed E-state index contributed by atoms with van der Waals surface area (Å²) in [5.74, 6) is 1.45. The van der Waals surface area contributed by atoms with Crippen LogP contribution >= 0.6 is 0 Å². The number of aromatic nitrogens is 1. The molecule has 21 heavy (non-hydrogen) atoms. The molecule has 1 aromatic heterocycles. The third kappa shape index (κ3) is 4.60. The van der Waals surface area contributed by atoms with E-state index in [0.717, 1.165) is 17.5 Å². The highest BCUT2D eigenvalue weighted by molar-refractivity contribution is 5.52. The van der Waals surface area contributed by atoms with Gasteiger partial charge in [-0.1, -0.05) is 6.92 Å². The first-order chi connectivity index (χ1) is 10.2. The summed E-state index contributed by atoms with van der Waals surface area (Å²) in [5.41, 5.74) is 1.02. The molecule has 1 saturated heterocycles. The molecule has 118 valence electrons. The van der Waals surface area contributed by atoms with Crippen LogP contribution in [0.15, 0.2) is 18.3 Å². The Kier molecular flexibility index (Phi) is 6.30. The lowest BCUT2D eigenvalue weighted by atomic mass is 9.90. The normalized spacial score (nSPS) is 18.4. The first kappa shape index (κ1) is 16.1. The highest BCUT2D eigenvalue weighted by atomic mass is 16.5. The topological polar surface area (TPSA) is 37.4 Å². The summed E-state index contributed by atoms with van der Waals surface area (Å²) in [6, 6.07) is 4.47. The molecular formula is C17H29N3O. The Morgan fingerprint density at radius 2 is 2.14 bits per heavy atom. The maximum atomic E-state index is 5.59. The van der Waals surface area contributed by atoms with Crippen LogP contribution in [0.4, 0.5) is 5.69 Å². The molecule has 1 aromatic rings. The predicted molar refractivity (Wildman–Crippen MR) is 87.9 cm³/mol. The van der Waals surface area contributed by atoms with Crippen molar-refractivity contribution in [3.05, 3.63) is 18.3 Å². The average Bonchev–Trinajstić information content (AvgIpc) is 2.50. The van der Waals surface area contributed by atoms with Gasteiger partial charge in [-0.05, 0) is 70.8 Å². The summed E-state index contributed by atoms with van der Waals surface area (Å²) in [6.45, 7) is 10.9. The summed E-state index contributed by atoms with van der Waals surface area (Å²) in [6.07, 6.45) is 5.59. The van der Waals surface area contributed by atoms with Gasteiger partial charge in [-0.2, -0.15) is 0 Å². The van der Waals surface area contributed by atoms with Gasteiger partial charge in [0, 0.05) is 12.2 Å². The molecule has 0 radical (unpaired) electrons. The van der Waals surface area contributed by atoms with Gasteiger partial charge in [-0.25, -0.2) is 4.98 Å². The van der Waals surface area contributed by atoms with Gasteiger partial charge in [0.05, 0.1) is 12.3 Å². The fraction of sp³-hybridized carbons (Fsp3) is 0.706. The molecule has 0 spiro atoms. The molecule has 0 saturated carbocycles. The molecule has 1 unspecified atom stereocenters. The average molecular weight is 291 g/mol. The standard InChI is InChI=1S/C17H29N3O/c1-4-11-20-12-8-15(9-13-20)14(3)19-16-7-6-10-18-17(16)21-5-2/h6-7,10,14-15,19H,4-5,8-9,11-13H2,1-3H3. The second-order valence-corrected chi connectivity index (χ2v) is 5.90. The summed E-state index contributed by atoms with van der Waals surface area (Å²) in [7, 11) is 0. The second-order valence-electron chi connectivity index (χ2n) is 5.90. The number of rotatable bonds is 7. The number of ether oxygens (including phenoxy) is 1. The van der Waals surface area contributed by atoms with Crippen molar-refractivity contribution in [1.29, 1.82) is 0 Å². The number of nitrogens with one attached hydrogen (secondary N) is 1. The number of nitrogens with zero attached hydrogens (tertiary/aromatic N) is 2. The predicted octanol–water partition coefficient (Wildman–Crippen LogP) is 3.40.